The first-order valence-corrected chi connectivity index (χ1v) is 6.71. The highest BCUT2D eigenvalue weighted by Gasteiger charge is 2.39. The van der Waals surface area contributed by atoms with Crippen LogP contribution in [0.3, 0.4) is 0 Å². The van der Waals surface area contributed by atoms with Crippen LogP contribution >= 0.6 is 0 Å². The second-order valence-corrected chi connectivity index (χ2v) is 5.45. The second-order valence-electron chi connectivity index (χ2n) is 5.45. The molecule has 1 aliphatic carbocycles. The lowest BCUT2D eigenvalue weighted by atomic mass is 9.97. The van der Waals surface area contributed by atoms with E-state index in [-0.39, 0.29) is 12.6 Å². The van der Waals surface area contributed by atoms with Crippen molar-refractivity contribution in [1.82, 2.24) is 15.1 Å². The Bertz CT molecular complexity index is 511. The molecule has 1 fully saturated rings. The molecule has 1 atom stereocenters. The first-order valence-electron chi connectivity index (χ1n) is 6.71. The van der Waals surface area contributed by atoms with E-state index in [0.717, 1.165) is 18.9 Å². The van der Waals surface area contributed by atoms with Crippen LogP contribution in [0.2, 0.25) is 0 Å². The molecule has 0 radical (unpaired) electrons. The highest BCUT2D eigenvalue weighted by Crippen LogP contribution is 2.28. The SMILES string of the molecule is COC(=O)C(C)(CCn1ccc(C(F)(F)F)n1)NC1CC1. The van der Waals surface area contributed by atoms with Gasteiger partial charge in [-0.05, 0) is 32.3 Å². The minimum Gasteiger partial charge on any atom is -0.468 e. The van der Waals surface area contributed by atoms with Crippen LogP contribution in [0.4, 0.5) is 13.2 Å². The van der Waals surface area contributed by atoms with Crippen molar-refractivity contribution in [1.29, 1.82) is 0 Å². The van der Waals surface area contributed by atoms with E-state index in [1.807, 2.05) is 0 Å². The van der Waals surface area contributed by atoms with Gasteiger partial charge < -0.3 is 4.74 Å². The third-order valence-corrected chi connectivity index (χ3v) is 3.51. The summed E-state index contributed by atoms with van der Waals surface area (Å²) < 4.78 is 43.4. The Balaban J connectivity index is 2.01. The number of carbonyl (C=O) groups is 1. The standard InChI is InChI=1S/C13H18F3N3O2/c1-12(11(20)21-2,17-9-3-4-9)6-8-19-7-5-10(18-19)13(14,15)16/h5,7,9,17H,3-4,6,8H2,1-2H3. The number of nitrogens with zero attached hydrogens (tertiary/aromatic N) is 2. The summed E-state index contributed by atoms with van der Waals surface area (Å²) >= 11 is 0. The largest absolute Gasteiger partial charge is 0.468 e. The van der Waals surface area contributed by atoms with Crippen molar-refractivity contribution >= 4 is 5.97 Å². The molecule has 0 aliphatic heterocycles. The van der Waals surface area contributed by atoms with Gasteiger partial charge in [0.1, 0.15) is 5.54 Å². The normalized spacial score (nSPS) is 18.3. The Kier molecular flexibility index (Phi) is 4.27. The van der Waals surface area contributed by atoms with E-state index in [0.29, 0.717) is 6.42 Å². The first kappa shape index (κ1) is 15.8. The lowest BCUT2D eigenvalue weighted by Crippen LogP contribution is -2.51. The molecule has 0 saturated heterocycles. The Morgan fingerprint density at radius 1 is 1.52 bits per heavy atom. The van der Waals surface area contributed by atoms with E-state index < -0.39 is 23.4 Å². The molecule has 1 aromatic heterocycles. The second kappa shape index (κ2) is 5.67. The summed E-state index contributed by atoms with van der Waals surface area (Å²) in [7, 11) is 1.30. The average Bonchev–Trinajstić information content (AvgIpc) is 3.07. The fourth-order valence-electron chi connectivity index (χ4n) is 2.11. The number of hydrogen-bond donors (Lipinski definition) is 1. The number of carbonyl (C=O) groups excluding carboxylic acids is 1. The van der Waals surface area contributed by atoms with E-state index >= 15 is 0 Å². The molecule has 0 bridgehead atoms. The lowest BCUT2D eigenvalue weighted by molar-refractivity contribution is -0.148. The number of ether oxygens (including phenoxy) is 1. The number of aryl methyl sites for hydroxylation is 1. The van der Waals surface area contributed by atoms with Crippen molar-refractivity contribution < 1.29 is 22.7 Å². The van der Waals surface area contributed by atoms with Crippen molar-refractivity contribution in [2.24, 2.45) is 0 Å². The van der Waals surface area contributed by atoms with E-state index in [1.54, 1.807) is 6.92 Å². The van der Waals surface area contributed by atoms with E-state index in [9.17, 15) is 18.0 Å². The highest BCUT2D eigenvalue weighted by atomic mass is 19.4. The van der Waals surface area contributed by atoms with Crippen LogP contribution in [0.15, 0.2) is 12.3 Å². The smallest absolute Gasteiger partial charge is 0.435 e. The van der Waals surface area contributed by atoms with Crippen molar-refractivity contribution in [2.75, 3.05) is 7.11 Å². The van der Waals surface area contributed by atoms with Crippen molar-refractivity contribution in [3.05, 3.63) is 18.0 Å². The van der Waals surface area contributed by atoms with Crippen LogP contribution in [-0.2, 0) is 22.3 Å². The topological polar surface area (TPSA) is 56.2 Å². The minimum atomic E-state index is -4.46. The molecule has 0 spiro atoms. The third kappa shape index (κ3) is 3.96. The predicted octanol–water partition coefficient (Wildman–Crippen LogP) is 1.98. The fourth-order valence-corrected chi connectivity index (χ4v) is 2.11. The monoisotopic (exact) mass is 305 g/mol. The fraction of sp³-hybridized carbons (Fsp3) is 0.692. The maximum absolute atomic E-state index is 12.5. The summed E-state index contributed by atoms with van der Waals surface area (Å²) in [4.78, 5) is 11.9. The zero-order valence-corrected chi connectivity index (χ0v) is 11.9. The summed E-state index contributed by atoms with van der Waals surface area (Å²) in [5, 5.41) is 6.66. The van der Waals surface area contributed by atoms with Crippen LogP contribution in [0.1, 0.15) is 31.9 Å². The summed E-state index contributed by atoms with van der Waals surface area (Å²) in [5.74, 6) is -0.419. The summed E-state index contributed by atoms with van der Waals surface area (Å²) in [6.45, 7) is 1.90. The molecule has 0 amide bonds. The number of rotatable bonds is 6. The number of aromatic nitrogens is 2. The third-order valence-electron chi connectivity index (χ3n) is 3.51. The molecule has 0 aromatic carbocycles. The maximum atomic E-state index is 12.5. The predicted molar refractivity (Wildman–Crippen MR) is 68.4 cm³/mol. The molecule has 21 heavy (non-hydrogen) atoms. The minimum absolute atomic E-state index is 0.196. The van der Waals surface area contributed by atoms with Gasteiger partial charge in [0.15, 0.2) is 5.69 Å². The number of methoxy groups -OCH3 is 1. The van der Waals surface area contributed by atoms with Gasteiger partial charge in [-0.3, -0.25) is 14.8 Å². The Hall–Kier alpha value is -1.57. The Labute approximate surface area is 120 Å². The van der Waals surface area contributed by atoms with Gasteiger partial charge in [-0.25, -0.2) is 0 Å². The lowest BCUT2D eigenvalue weighted by Gasteiger charge is -2.28. The van der Waals surface area contributed by atoms with Gasteiger partial charge >= 0.3 is 12.1 Å². The van der Waals surface area contributed by atoms with Gasteiger partial charge in [-0.1, -0.05) is 0 Å². The first-order chi connectivity index (χ1) is 9.74. The summed E-state index contributed by atoms with van der Waals surface area (Å²) in [6, 6.07) is 1.20. The zero-order valence-electron chi connectivity index (χ0n) is 11.9. The van der Waals surface area contributed by atoms with Gasteiger partial charge in [0.05, 0.1) is 7.11 Å². The average molecular weight is 305 g/mol. The van der Waals surface area contributed by atoms with E-state index in [1.165, 1.54) is 18.0 Å². The molecule has 1 saturated carbocycles. The number of esters is 1. The quantitative estimate of drug-likeness (QED) is 0.817. The van der Waals surface area contributed by atoms with Crippen LogP contribution in [-0.4, -0.2) is 34.4 Å². The van der Waals surface area contributed by atoms with Crippen molar-refractivity contribution in [3.63, 3.8) is 0 Å². The van der Waals surface area contributed by atoms with E-state index in [4.69, 9.17) is 4.74 Å². The van der Waals surface area contributed by atoms with Crippen LogP contribution in [0, 0.1) is 0 Å². The van der Waals surface area contributed by atoms with Gasteiger partial charge in [0, 0.05) is 18.8 Å². The van der Waals surface area contributed by atoms with Crippen LogP contribution in [0.5, 0.6) is 0 Å². The molecule has 1 unspecified atom stereocenters. The van der Waals surface area contributed by atoms with E-state index in [2.05, 4.69) is 10.4 Å². The Morgan fingerprint density at radius 3 is 2.67 bits per heavy atom. The van der Waals surface area contributed by atoms with Crippen LogP contribution in [0.25, 0.3) is 0 Å². The van der Waals surface area contributed by atoms with Crippen molar-refractivity contribution in [3.8, 4) is 0 Å². The molecule has 2 rings (SSSR count). The molecule has 1 aliphatic rings. The molecular formula is C13H18F3N3O2. The van der Waals surface area contributed by atoms with Gasteiger partial charge in [0.25, 0.3) is 0 Å². The van der Waals surface area contributed by atoms with Gasteiger partial charge in [-0.2, -0.15) is 18.3 Å². The zero-order chi connectivity index (χ0) is 15.7. The summed E-state index contributed by atoms with van der Waals surface area (Å²) in [6.07, 6.45) is -0.908. The van der Waals surface area contributed by atoms with Crippen LogP contribution < -0.4 is 5.32 Å². The number of nitrogens with one attached hydrogen (secondary N) is 1. The molecule has 1 aromatic rings. The molecular weight excluding hydrogens is 287 g/mol. The van der Waals surface area contributed by atoms with Crippen molar-refractivity contribution in [2.45, 2.75) is 50.5 Å². The number of halogens is 3. The number of alkyl halides is 3. The maximum Gasteiger partial charge on any atom is 0.435 e. The summed E-state index contributed by atoms with van der Waals surface area (Å²) in [5.41, 5.74) is -1.85. The highest BCUT2D eigenvalue weighted by molar-refractivity contribution is 5.80. The van der Waals surface area contributed by atoms with Gasteiger partial charge in [-0.15, -0.1) is 0 Å². The van der Waals surface area contributed by atoms with Gasteiger partial charge in [0.2, 0.25) is 0 Å². The molecule has 1 heterocycles. The molecule has 1 N–H and O–H groups in total. The molecule has 118 valence electrons. The number of hydrogen-bond acceptors (Lipinski definition) is 4. The molecule has 8 heteroatoms. The molecule has 5 nitrogen and oxygen atoms in total. The Morgan fingerprint density at radius 2 is 2.19 bits per heavy atom.